The van der Waals surface area contributed by atoms with Crippen molar-refractivity contribution in [3.8, 4) is 0 Å². The lowest BCUT2D eigenvalue weighted by atomic mass is 10.2. The van der Waals surface area contributed by atoms with Crippen LogP contribution in [-0.2, 0) is 19.1 Å². The molecule has 80 valence electrons. The first kappa shape index (κ1) is 8.23. The summed E-state index contributed by atoms with van der Waals surface area (Å²) in [5, 5.41) is 8.37. The molecule has 0 amide bonds. The smallest absolute Gasteiger partial charge is 0.306 e. The predicted octanol–water partition coefficient (Wildman–Crippen LogP) is 0.572. The van der Waals surface area contributed by atoms with Crippen molar-refractivity contribution < 1.29 is 26.9 Å². The van der Waals surface area contributed by atoms with Crippen LogP contribution in [0, 0.1) is 0 Å². The highest BCUT2D eigenvalue weighted by molar-refractivity contribution is 5.76. The summed E-state index contributed by atoms with van der Waals surface area (Å²) in [6.07, 6.45) is -1.40. The van der Waals surface area contributed by atoms with E-state index in [1.165, 1.54) is 0 Å². The Labute approximate surface area is 84.8 Å². The zero-order valence-electron chi connectivity index (χ0n) is 9.64. The topological polar surface area (TPSA) is 72.8 Å². The number of carbonyl (C=O) groups is 2. The van der Waals surface area contributed by atoms with E-state index in [9.17, 15) is 9.59 Å². The number of rotatable bonds is 4. The third-order valence-electron chi connectivity index (χ3n) is 1.84. The summed E-state index contributed by atoms with van der Waals surface area (Å²) in [5.74, 6) is -1.68. The van der Waals surface area contributed by atoms with E-state index in [4.69, 9.17) is 17.3 Å². The van der Waals surface area contributed by atoms with Gasteiger partial charge in [0.2, 0.25) is 0 Å². The van der Waals surface area contributed by atoms with Crippen LogP contribution in [0.15, 0.2) is 0 Å². The van der Waals surface area contributed by atoms with Gasteiger partial charge in [-0.15, -0.1) is 0 Å². The van der Waals surface area contributed by atoms with E-state index < -0.39 is 30.7 Å². The van der Waals surface area contributed by atoms with Gasteiger partial charge in [-0.3, -0.25) is 9.59 Å². The molecule has 5 nitrogen and oxygen atoms in total. The molecule has 1 aliphatic rings. The molecule has 0 aliphatic carbocycles. The second-order valence-corrected chi connectivity index (χ2v) is 3.00. The zero-order valence-corrected chi connectivity index (χ0v) is 7.64. The van der Waals surface area contributed by atoms with Crippen molar-refractivity contribution in [1.82, 2.24) is 0 Å². The molecule has 0 aromatic carbocycles. The molecule has 1 rings (SSSR count). The van der Waals surface area contributed by atoms with Gasteiger partial charge in [-0.2, -0.15) is 0 Å². The monoisotopic (exact) mass is 205 g/mol. The third-order valence-corrected chi connectivity index (χ3v) is 1.84. The first-order chi connectivity index (χ1) is 7.52. The molecule has 0 aromatic rings. The van der Waals surface area contributed by atoms with E-state index in [1.54, 1.807) is 0 Å². The average molecular weight is 205 g/mol. The fourth-order valence-corrected chi connectivity index (χ4v) is 1.07. The first-order valence-corrected chi connectivity index (χ1v) is 4.31. The Morgan fingerprint density at radius 2 is 2.57 bits per heavy atom. The standard InChI is InChI=1S/C9H14O5/c1-6-7(4-5-13-6)14-9(12)3-2-8(10)11/h6-7H,2-5H2,1H3,(H,10,11)/i1D,5T. The number of hydrogen-bond donors (Lipinski definition) is 1. The normalized spacial score (nSPS) is 33.3. The fourth-order valence-electron chi connectivity index (χ4n) is 1.07. The Morgan fingerprint density at radius 3 is 3.21 bits per heavy atom. The van der Waals surface area contributed by atoms with Gasteiger partial charge in [-0.1, -0.05) is 0 Å². The molecular formula is C9H14O5. The van der Waals surface area contributed by atoms with Crippen molar-refractivity contribution in [3.05, 3.63) is 0 Å². The van der Waals surface area contributed by atoms with Gasteiger partial charge in [0.05, 0.1) is 26.9 Å². The second-order valence-electron chi connectivity index (χ2n) is 3.00. The van der Waals surface area contributed by atoms with Crippen LogP contribution in [0.3, 0.4) is 0 Å². The fraction of sp³-hybridized carbons (Fsp3) is 0.778. The largest absolute Gasteiger partial charge is 0.481 e. The van der Waals surface area contributed by atoms with Crippen LogP contribution in [0.4, 0.5) is 0 Å². The van der Waals surface area contributed by atoms with E-state index in [0.29, 0.717) is 0 Å². The molecule has 1 fully saturated rings. The Bertz CT molecular complexity index is 271. The van der Waals surface area contributed by atoms with E-state index >= 15 is 0 Å². The molecular weight excluding hydrogens is 188 g/mol. The van der Waals surface area contributed by atoms with Crippen LogP contribution >= 0.6 is 0 Å². The molecule has 1 N–H and O–H groups in total. The Hall–Kier alpha value is -1.10. The van der Waals surface area contributed by atoms with Crippen LogP contribution < -0.4 is 0 Å². The zero-order chi connectivity index (χ0) is 12.1. The van der Waals surface area contributed by atoms with Crippen LogP contribution in [0.5, 0.6) is 0 Å². The van der Waals surface area contributed by atoms with Gasteiger partial charge in [0.1, 0.15) is 6.10 Å². The average Bonchev–Trinajstić information content (AvgIpc) is 2.55. The van der Waals surface area contributed by atoms with Crippen LogP contribution in [0.25, 0.3) is 0 Å². The molecule has 3 unspecified atom stereocenters. The van der Waals surface area contributed by atoms with Gasteiger partial charge in [-0.25, -0.2) is 0 Å². The summed E-state index contributed by atoms with van der Waals surface area (Å²) in [4.78, 5) is 21.4. The van der Waals surface area contributed by atoms with Crippen molar-refractivity contribution in [1.29, 1.82) is 0 Å². The second kappa shape index (κ2) is 4.95. The SMILES string of the molecule is [2H]CC1OC([3H])CC1OC(=O)CCC(=O)O. The third kappa shape index (κ3) is 3.33. The summed E-state index contributed by atoms with van der Waals surface area (Å²) in [6, 6.07) is 0. The van der Waals surface area contributed by atoms with E-state index in [-0.39, 0.29) is 26.2 Å². The molecule has 0 aromatic heterocycles. The molecule has 5 heteroatoms. The lowest BCUT2D eigenvalue weighted by Crippen LogP contribution is -2.24. The molecule has 1 saturated heterocycles. The maximum Gasteiger partial charge on any atom is 0.306 e. The maximum atomic E-state index is 11.2. The number of carbonyl (C=O) groups excluding carboxylic acids is 1. The predicted molar refractivity (Wildman–Crippen MR) is 46.8 cm³/mol. The lowest BCUT2D eigenvalue weighted by Gasteiger charge is -2.14. The van der Waals surface area contributed by atoms with Gasteiger partial charge in [0.25, 0.3) is 0 Å². The highest BCUT2D eigenvalue weighted by atomic mass is 16.6. The van der Waals surface area contributed by atoms with Gasteiger partial charge >= 0.3 is 11.9 Å². The number of ether oxygens (including phenoxy) is 2. The summed E-state index contributed by atoms with van der Waals surface area (Å²) in [7, 11) is 0. The Balaban J connectivity index is 2.35. The number of carboxylic acid groups (broad SMARTS) is 1. The van der Waals surface area contributed by atoms with Gasteiger partial charge in [0.15, 0.2) is 0 Å². The summed E-state index contributed by atoms with van der Waals surface area (Å²) in [6.45, 7) is -0.848. The van der Waals surface area contributed by atoms with Crippen molar-refractivity contribution >= 4 is 11.9 Å². The quantitative estimate of drug-likeness (QED) is 0.679. The van der Waals surface area contributed by atoms with Crippen LogP contribution in [-0.4, -0.2) is 35.8 Å². The molecule has 0 spiro atoms. The van der Waals surface area contributed by atoms with Crippen LogP contribution in [0.2, 0.25) is 0 Å². The molecule has 0 radical (unpaired) electrons. The minimum Gasteiger partial charge on any atom is -0.481 e. The number of esters is 1. The van der Waals surface area contributed by atoms with E-state index in [1.807, 2.05) is 0 Å². The van der Waals surface area contributed by atoms with E-state index in [2.05, 4.69) is 0 Å². The van der Waals surface area contributed by atoms with Crippen molar-refractivity contribution in [2.24, 2.45) is 0 Å². The molecule has 3 atom stereocenters. The first-order valence-electron chi connectivity index (χ1n) is 5.59. The maximum absolute atomic E-state index is 11.2. The highest BCUT2D eigenvalue weighted by Crippen LogP contribution is 2.17. The van der Waals surface area contributed by atoms with Crippen molar-refractivity contribution in [2.75, 3.05) is 6.58 Å². The summed E-state index contributed by atoms with van der Waals surface area (Å²) in [5.41, 5.74) is 0. The Kier molecular flexibility index (Phi) is 2.91. The summed E-state index contributed by atoms with van der Waals surface area (Å²) < 4.78 is 24.5. The number of hydrogen-bond acceptors (Lipinski definition) is 4. The molecule has 0 bridgehead atoms. The minimum absolute atomic E-state index is 0.0771. The lowest BCUT2D eigenvalue weighted by molar-refractivity contribution is -0.153. The number of carboxylic acids is 1. The van der Waals surface area contributed by atoms with Gasteiger partial charge in [0, 0.05) is 7.79 Å². The van der Waals surface area contributed by atoms with Crippen LogP contribution in [0.1, 0.15) is 28.9 Å². The number of aliphatic carboxylic acids is 1. The van der Waals surface area contributed by atoms with Crippen molar-refractivity contribution in [2.45, 2.75) is 38.4 Å². The van der Waals surface area contributed by atoms with Crippen molar-refractivity contribution in [3.63, 3.8) is 0 Å². The molecule has 1 aliphatic heterocycles. The van der Waals surface area contributed by atoms with E-state index in [0.717, 1.165) is 0 Å². The molecule has 14 heavy (non-hydrogen) atoms. The van der Waals surface area contributed by atoms with Gasteiger partial charge in [-0.05, 0) is 6.90 Å². The highest BCUT2D eigenvalue weighted by Gasteiger charge is 2.27. The van der Waals surface area contributed by atoms with Gasteiger partial charge < -0.3 is 14.6 Å². The molecule has 1 heterocycles. The minimum atomic E-state index is -1.06. The summed E-state index contributed by atoms with van der Waals surface area (Å²) >= 11 is 0. The molecule has 0 saturated carbocycles. The Morgan fingerprint density at radius 1 is 1.79 bits per heavy atom.